The largest absolute Gasteiger partial charge is 0.462 e. The normalized spacial score (nSPS) is 11.3. The lowest BCUT2D eigenvalue weighted by molar-refractivity contribution is 0.0526. The van der Waals surface area contributed by atoms with Crippen LogP contribution in [0.3, 0.4) is 0 Å². The fourth-order valence-electron chi connectivity index (χ4n) is 1.09. The van der Waals surface area contributed by atoms with E-state index in [1.54, 1.807) is 13.8 Å². The molecule has 1 aromatic rings. The molecule has 1 rings (SSSR count). The molecule has 2 N–H and O–H groups in total. The van der Waals surface area contributed by atoms with Crippen molar-refractivity contribution >= 4 is 29.3 Å². The number of hydrazone groups is 1. The van der Waals surface area contributed by atoms with Crippen LogP contribution in [-0.2, 0) is 4.74 Å². The highest BCUT2D eigenvalue weighted by Gasteiger charge is 2.15. The molecule has 104 valence electrons. The van der Waals surface area contributed by atoms with Crippen molar-refractivity contribution in [3.05, 3.63) is 11.8 Å². The third kappa shape index (κ3) is 4.49. The van der Waals surface area contributed by atoms with Gasteiger partial charge in [-0.15, -0.1) is 0 Å². The number of ether oxygens (including phenoxy) is 1. The molecule has 1 heterocycles. The van der Waals surface area contributed by atoms with Crippen LogP contribution in [0.15, 0.2) is 16.5 Å². The van der Waals surface area contributed by atoms with Crippen LogP contribution in [0.5, 0.6) is 0 Å². The summed E-state index contributed by atoms with van der Waals surface area (Å²) in [5.41, 5.74) is 3.31. The van der Waals surface area contributed by atoms with Crippen molar-refractivity contribution in [2.75, 3.05) is 24.9 Å². The van der Waals surface area contributed by atoms with Crippen molar-refractivity contribution in [3.8, 4) is 0 Å². The predicted molar refractivity (Wildman–Crippen MR) is 73.6 cm³/mol. The minimum Gasteiger partial charge on any atom is -0.462 e. The molecule has 7 nitrogen and oxygen atoms in total. The zero-order valence-corrected chi connectivity index (χ0v) is 11.8. The Bertz CT molecular complexity index is 479. The second kappa shape index (κ2) is 7.70. The van der Waals surface area contributed by atoms with Crippen molar-refractivity contribution in [3.63, 3.8) is 0 Å². The van der Waals surface area contributed by atoms with Crippen LogP contribution < -0.4 is 5.43 Å². The molecule has 0 radical (unpaired) electrons. The minimum absolute atomic E-state index is 0.178. The molecule has 0 aromatic carbocycles. The first-order valence-electron chi connectivity index (χ1n) is 5.60. The van der Waals surface area contributed by atoms with Gasteiger partial charge in [0.05, 0.1) is 18.9 Å². The summed E-state index contributed by atoms with van der Waals surface area (Å²) in [4.78, 5) is 19.9. The lowest BCUT2D eigenvalue weighted by atomic mass is 10.3. The maximum absolute atomic E-state index is 11.7. The van der Waals surface area contributed by atoms with Crippen LogP contribution in [0, 0.1) is 0 Å². The Labute approximate surface area is 115 Å². The first-order chi connectivity index (χ1) is 9.12. The highest BCUT2D eigenvalue weighted by atomic mass is 32.2. The highest BCUT2D eigenvalue weighted by molar-refractivity contribution is 7.98. The van der Waals surface area contributed by atoms with Gasteiger partial charge < -0.3 is 9.84 Å². The average molecular weight is 284 g/mol. The van der Waals surface area contributed by atoms with Gasteiger partial charge in [0, 0.05) is 6.20 Å². The third-order valence-corrected chi connectivity index (χ3v) is 2.59. The monoisotopic (exact) mass is 284 g/mol. The van der Waals surface area contributed by atoms with Crippen LogP contribution >= 0.6 is 11.8 Å². The van der Waals surface area contributed by atoms with E-state index in [2.05, 4.69) is 20.5 Å². The first-order valence-corrected chi connectivity index (χ1v) is 6.83. The van der Waals surface area contributed by atoms with E-state index >= 15 is 0 Å². The summed E-state index contributed by atoms with van der Waals surface area (Å²) < 4.78 is 4.91. The van der Waals surface area contributed by atoms with Crippen molar-refractivity contribution in [1.29, 1.82) is 0 Å². The fourth-order valence-corrected chi connectivity index (χ4v) is 1.43. The number of carbonyl (C=O) groups is 1. The molecule has 0 bridgehead atoms. The van der Waals surface area contributed by atoms with Crippen LogP contribution in [-0.4, -0.2) is 46.2 Å². The maximum atomic E-state index is 11.7. The van der Waals surface area contributed by atoms with Crippen molar-refractivity contribution < 1.29 is 14.6 Å². The Morgan fingerprint density at radius 1 is 1.63 bits per heavy atom. The lowest BCUT2D eigenvalue weighted by Crippen LogP contribution is -2.12. The number of hydrogen-bond donors (Lipinski definition) is 2. The molecule has 0 aliphatic heterocycles. The van der Waals surface area contributed by atoms with Crippen LogP contribution in [0.25, 0.3) is 0 Å². The van der Waals surface area contributed by atoms with E-state index in [1.807, 2.05) is 6.26 Å². The molecule has 0 unspecified atom stereocenters. The molecular weight excluding hydrogens is 268 g/mol. The van der Waals surface area contributed by atoms with Gasteiger partial charge in [-0.1, -0.05) is 11.8 Å². The molecule has 0 atom stereocenters. The van der Waals surface area contributed by atoms with E-state index in [9.17, 15) is 4.79 Å². The van der Waals surface area contributed by atoms with Crippen molar-refractivity contribution in [1.82, 2.24) is 9.97 Å². The zero-order chi connectivity index (χ0) is 14.3. The molecule has 0 amide bonds. The van der Waals surface area contributed by atoms with Crippen molar-refractivity contribution in [2.45, 2.75) is 19.0 Å². The van der Waals surface area contributed by atoms with Gasteiger partial charge in [-0.05, 0) is 20.1 Å². The summed E-state index contributed by atoms with van der Waals surface area (Å²) in [7, 11) is 0. The number of hydrogen-bond acceptors (Lipinski definition) is 8. The SMILES string of the molecule is CCOC(=O)c1cnc(SC)nc1NN=C(C)CO. The van der Waals surface area contributed by atoms with E-state index < -0.39 is 5.97 Å². The number of rotatable bonds is 6. The Kier molecular flexibility index (Phi) is 6.23. The summed E-state index contributed by atoms with van der Waals surface area (Å²) in [6.45, 7) is 3.45. The standard InChI is InChI=1S/C11H16N4O3S/c1-4-18-10(17)8-5-12-11(19-3)13-9(8)15-14-7(2)6-16/h5,16H,4,6H2,1-3H3,(H,12,13,15). The molecule has 1 aromatic heterocycles. The van der Waals surface area contributed by atoms with E-state index in [0.29, 0.717) is 10.9 Å². The van der Waals surface area contributed by atoms with Crippen LogP contribution in [0.1, 0.15) is 24.2 Å². The molecular formula is C11H16N4O3S. The zero-order valence-electron chi connectivity index (χ0n) is 11.0. The summed E-state index contributed by atoms with van der Waals surface area (Å²) in [6, 6.07) is 0. The topological polar surface area (TPSA) is 96.7 Å². The summed E-state index contributed by atoms with van der Waals surface area (Å²) in [5, 5.41) is 13.3. The summed E-state index contributed by atoms with van der Waals surface area (Å²) in [6.07, 6.45) is 3.22. The second-order valence-electron chi connectivity index (χ2n) is 3.46. The number of esters is 1. The molecule has 0 aliphatic rings. The smallest absolute Gasteiger partial charge is 0.343 e. The number of aliphatic hydroxyl groups excluding tert-OH is 1. The van der Waals surface area contributed by atoms with Gasteiger partial charge in [0.1, 0.15) is 5.56 Å². The van der Waals surface area contributed by atoms with Gasteiger partial charge in [-0.3, -0.25) is 5.43 Å². The predicted octanol–water partition coefficient (Wildman–Crippen LogP) is 1.16. The maximum Gasteiger partial charge on any atom is 0.343 e. The number of nitrogens with zero attached hydrogens (tertiary/aromatic N) is 3. The van der Waals surface area contributed by atoms with Gasteiger partial charge in [-0.2, -0.15) is 5.10 Å². The van der Waals surface area contributed by atoms with Gasteiger partial charge >= 0.3 is 5.97 Å². The van der Waals surface area contributed by atoms with Gasteiger partial charge in [-0.25, -0.2) is 14.8 Å². The summed E-state index contributed by atoms with van der Waals surface area (Å²) >= 11 is 1.34. The lowest BCUT2D eigenvalue weighted by Gasteiger charge is -2.08. The Morgan fingerprint density at radius 3 is 2.95 bits per heavy atom. The van der Waals surface area contributed by atoms with E-state index in [1.165, 1.54) is 18.0 Å². The molecule has 0 fully saturated rings. The van der Waals surface area contributed by atoms with E-state index in [-0.39, 0.29) is 24.6 Å². The van der Waals surface area contributed by atoms with E-state index in [0.717, 1.165) is 0 Å². The molecule has 0 aliphatic carbocycles. The molecule has 0 saturated heterocycles. The van der Waals surface area contributed by atoms with Crippen LogP contribution in [0.2, 0.25) is 0 Å². The molecule has 0 saturated carbocycles. The molecule has 8 heteroatoms. The number of aromatic nitrogens is 2. The van der Waals surface area contributed by atoms with E-state index in [4.69, 9.17) is 9.84 Å². The number of thioether (sulfide) groups is 1. The Morgan fingerprint density at radius 2 is 2.37 bits per heavy atom. The number of nitrogens with one attached hydrogen (secondary N) is 1. The number of aliphatic hydroxyl groups is 1. The number of anilines is 1. The quantitative estimate of drug-likeness (QED) is 0.266. The molecule has 19 heavy (non-hydrogen) atoms. The average Bonchev–Trinajstić information content (AvgIpc) is 2.44. The fraction of sp³-hybridized carbons (Fsp3) is 0.455. The number of carbonyl (C=O) groups excluding carboxylic acids is 1. The Balaban J connectivity index is 3.05. The highest BCUT2D eigenvalue weighted by Crippen LogP contribution is 2.17. The van der Waals surface area contributed by atoms with Crippen molar-refractivity contribution in [2.24, 2.45) is 5.10 Å². The third-order valence-electron chi connectivity index (χ3n) is 2.03. The summed E-state index contributed by atoms with van der Waals surface area (Å²) in [5.74, 6) is -0.264. The second-order valence-corrected chi connectivity index (χ2v) is 4.23. The van der Waals surface area contributed by atoms with Gasteiger partial charge in [0.15, 0.2) is 11.0 Å². The minimum atomic E-state index is -0.519. The molecule has 0 spiro atoms. The van der Waals surface area contributed by atoms with Crippen LogP contribution in [0.4, 0.5) is 5.82 Å². The van der Waals surface area contributed by atoms with Gasteiger partial charge in [0.25, 0.3) is 0 Å². The Hall–Kier alpha value is -1.67. The first kappa shape index (κ1) is 15.4. The van der Waals surface area contributed by atoms with Gasteiger partial charge in [0.2, 0.25) is 0 Å².